The largest absolute Gasteiger partial charge is 0.0651 e. The molecule has 0 aromatic carbocycles. The predicted molar refractivity (Wildman–Crippen MR) is 39.2 cm³/mol. The Morgan fingerprint density at radius 3 is 2.22 bits per heavy atom. The summed E-state index contributed by atoms with van der Waals surface area (Å²) in [6.45, 7) is 2.35. The number of hydrogen-bond donors (Lipinski definition) is 0. The molecule has 0 saturated heterocycles. The van der Waals surface area contributed by atoms with Crippen LogP contribution >= 0.6 is 0 Å². The highest BCUT2D eigenvalue weighted by molar-refractivity contribution is 4.91. The summed E-state index contributed by atoms with van der Waals surface area (Å²) in [5.41, 5.74) is 0. The number of fused-ring (bicyclic) bond motifs is 1. The van der Waals surface area contributed by atoms with Crippen LogP contribution in [0.4, 0.5) is 0 Å². The van der Waals surface area contributed by atoms with Crippen LogP contribution < -0.4 is 0 Å². The van der Waals surface area contributed by atoms with Gasteiger partial charge in [0, 0.05) is 0 Å². The van der Waals surface area contributed by atoms with E-state index >= 15 is 0 Å². The Kier molecular flexibility index (Phi) is 1.28. The van der Waals surface area contributed by atoms with Gasteiger partial charge in [-0.2, -0.15) is 0 Å². The molecule has 0 bridgehead atoms. The van der Waals surface area contributed by atoms with E-state index in [2.05, 4.69) is 6.92 Å². The minimum absolute atomic E-state index is 1.13. The summed E-state index contributed by atoms with van der Waals surface area (Å²) >= 11 is 0. The first kappa shape index (κ1) is 5.76. The third-order valence-corrected chi connectivity index (χ3v) is 3.51. The zero-order valence-corrected chi connectivity index (χ0v) is 6.27. The van der Waals surface area contributed by atoms with Crippen LogP contribution in [0.3, 0.4) is 0 Å². The molecule has 0 radical (unpaired) electrons. The lowest BCUT2D eigenvalue weighted by Gasteiger charge is -2.33. The van der Waals surface area contributed by atoms with Crippen molar-refractivity contribution < 1.29 is 0 Å². The highest BCUT2D eigenvalue weighted by Crippen LogP contribution is 2.51. The van der Waals surface area contributed by atoms with Crippen molar-refractivity contribution in [3.05, 3.63) is 0 Å². The molecule has 0 heteroatoms. The highest BCUT2D eigenvalue weighted by Gasteiger charge is 2.40. The van der Waals surface area contributed by atoms with Crippen LogP contribution in [0.25, 0.3) is 0 Å². The molecule has 2 fully saturated rings. The molecule has 0 spiro atoms. The van der Waals surface area contributed by atoms with Crippen molar-refractivity contribution in [3.63, 3.8) is 0 Å². The van der Waals surface area contributed by atoms with Crippen LogP contribution in [-0.4, -0.2) is 0 Å². The molecule has 2 aliphatic rings. The van der Waals surface area contributed by atoms with Gasteiger partial charge in [-0.3, -0.25) is 0 Å². The van der Waals surface area contributed by atoms with E-state index in [4.69, 9.17) is 0 Å². The molecule has 0 amide bonds. The average Bonchev–Trinajstić information content (AvgIpc) is 2.07. The van der Waals surface area contributed by atoms with Crippen LogP contribution in [0.1, 0.15) is 39.0 Å². The third-order valence-electron chi connectivity index (χ3n) is 3.51. The third kappa shape index (κ3) is 0.720. The molecule has 2 unspecified atom stereocenters. The first-order chi connectivity index (χ1) is 4.42. The van der Waals surface area contributed by atoms with Gasteiger partial charge in [0.05, 0.1) is 0 Å². The van der Waals surface area contributed by atoms with E-state index < -0.39 is 0 Å². The van der Waals surface area contributed by atoms with Gasteiger partial charge in [0.2, 0.25) is 0 Å². The summed E-state index contributed by atoms with van der Waals surface area (Å²) in [5.74, 6) is 3.48. The van der Waals surface area contributed by atoms with Crippen molar-refractivity contribution in [2.75, 3.05) is 0 Å². The summed E-state index contributed by atoms with van der Waals surface area (Å²) in [7, 11) is 0. The average molecular weight is 124 g/mol. The van der Waals surface area contributed by atoms with Crippen molar-refractivity contribution >= 4 is 0 Å². The van der Waals surface area contributed by atoms with E-state index in [1.807, 2.05) is 0 Å². The van der Waals surface area contributed by atoms with Crippen molar-refractivity contribution in [2.45, 2.75) is 39.0 Å². The predicted octanol–water partition coefficient (Wildman–Crippen LogP) is 2.83. The van der Waals surface area contributed by atoms with Crippen molar-refractivity contribution in [1.29, 1.82) is 0 Å². The zero-order valence-electron chi connectivity index (χ0n) is 6.27. The zero-order chi connectivity index (χ0) is 6.27. The Morgan fingerprint density at radius 2 is 1.89 bits per heavy atom. The van der Waals surface area contributed by atoms with Gasteiger partial charge < -0.3 is 0 Å². The van der Waals surface area contributed by atoms with Crippen molar-refractivity contribution in [3.8, 4) is 0 Å². The van der Waals surface area contributed by atoms with Gasteiger partial charge in [-0.25, -0.2) is 0 Å². The van der Waals surface area contributed by atoms with E-state index in [-0.39, 0.29) is 0 Å². The van der Waals surface area contributed by atoms with Gasteiger partial charge in [-0.15, -0.1) is 0 Å². The van der Waals surface area contributed by atoms with Crippen LogP contribution in [0.15, 0.2) is 0 Å². The molecule has 0 aliphatic heterocycles. The molecule has 3 atom stereocenters. The van der Waals surface area contributed by atoms with E-state index in [0.717, 1.165) is 5.92 Å². The number of rotatable bonds is 1. The Hall–Kier alpha value is 0. The molecular formula is C9H16. The van der Waals surface area contributed by atoms with Gasteiger partial charge in [0.15, 0.2) is 0 Å². The van der Waals surface area contributed by atoms with Crippen LogP contribution in [0.5, 0.6) is 0 Å². The molecule has 2 saturated carbocycles. The van der Waals surface area contributed by atoms with E-state index in [1.165, 1.54) is 18.3 Å². The molecule has 0 N–H and O–H groups in total. The molecule has 2 aliphatic carbocycles. The molecule has 0 aromatic rings. The molecule has 0 aromatic heterocycles. The molecule has 52 valence electrons. The standard InChI is InChI=1S/C9H16/c1-2-7-3-4-8-5-6-9(7)8/h7-9H,2-6H2,1H3/t7-,8?,9?/m1/s1. The summed E-state index contributed by atoms with van der Waals surface area (Å²) in [4.78, 5) is 0. The summed E-state index contributed by atoms with van der Waals surface area (Å²) in [6.07, 6.45) is 7.67. The van der Waals surface area contributed by atoms with Crippen molar-refractivity contribution in [1.82, 2.24) is 0 Å². The van der Waals surface area contributed by atoms with E-state index in [0.29, 0.717) is 0 Å². The van der Waals surface area contributed by atoms with Gasteiger partial charge in [-0.1, -0.05) is 13.3 Å². The summed E-state index contributed by atoms with van der Waals surface area (Å²) in [6, 6.07) is 0. The van der Waals surface area contributed by atoms with Gasteiger partial charge in [0.1, 0.15) is 0 Å². The molecule has 9 heavy (non-hydrogen) atoms. The number of hydrogen-bond acceptors (Lipinski definition) is 0. The topological polar surface area (TPSA) is 0 Å². The second-order valence-electron chi connectivity index (χ2n) is 3.75. The monoisotopic (exact) mass is 124 g/mol. The van der Waals surface area contributed by atoms with Gasteiger partial charge in [-0.05, 0) is 43.4 Å². The quantitative estimate of drug-likeness (QED) is 0.504. The SMILES string of the molecule is CC[C@@H]1CCC2CCC21. The minimum Gasteiger partial charge on any atom is -0.0651 e. The molecular weight excluding hydrogens is 108 g/mol. The maximum atomic E-state index is 2.35. The maximum absolute atomic E-state index is 2.35. The maximum Gasteiger partial charge on any atom is -0.0357 e. The summed E-state index contributed by atoms with van der Waals surface area (Å²) < 4.78 is 0. The Morgan fingerprint density at radius 1 is 1.11 bits per heavy atom. The fraction of sp³-hybridized carbons (Fsp3) is 1.00. The molecule has 0 nitrogen and oxygen atoms in total. The lowest BCUT2D eigenvalue weighted by atomic mass is 9.72. The lowest BCUT2D eigenvalue weighted by Crippen LogP contribution is -2.24. The van der Waals surface area contributed by atoms with E-state index in [9.17, 15) is 0 Å². The fourth-order valence-electron chi connectivity index (χ4n) is 2.72. The minimum atomic E-state index is 1.13. The lowest BCUT2D eigenvalue weighted by molar-refractivity contribution is 0.169. The normalized spacial score (nSPS) is 48.3. The first-order valence-electron chi connectivity index (χ1n) is 4.42. The molecule has 0 heterocycles. The van der Waals surface area contributed by atoms with Crippen molar-refractivity contribution in [2.24, 2.45) is 17.8 Å². The Balaban J connectivity index is 1.97. The first-order valence-corrected chi connectivity index (χ1v) is 4.42. The summed E-state index contributed by atoms with van der Waals surface area (Å²) in [5, 5.41) is 0. The molecule has 2 rings (SSSR count). The second-order valence-corrected chi connectivity index (χ2v) is 3.75. The highest BCUT2D eigenvalue weighted by atomic mass is 14.5. The van der Waals surface area contributed by atoms with E-state index in [1.54, 1.807) is 25.7 Å². The smallest absolute Gasteiger partial charge is 0.0357 e. The Bertz CT molecular complexity index is 105. The van der Waals surface area contributed by atoms with Crippen LogP contribution in [-0.2, 0) is 0 Å². The van der Waals surface area contributed by atoms with Gasteiger partial charge >= 0.3 is 0 Å². The van der Waals surface area contributed by atoms with Gasteiger partial charge in [0.25, 0.3) is 0 Å². The van der Waals surface area contributed by atoms with Crippen LogP contribution in [0.2, 0.25) is 0 Å². The Labute approximate surface area is 57.6 Å². The second kappa shape index (κ2) is 2.00. The van der Waals surface area contributed by atoms with Crippen LogP contribution in [0, 0.1) is 17.8 Å². The fourth-order valence-corrected chi connectivity index (χ4v) is 2.72.